The van der Waals surface area contributed by atoms with Gasteiger partial charge in [-0.25, -0.2) is 0 Å². The molecule has 0 spiro atoms. The molecule has 0 aliphatic rings. The molecule has 0 amide bonds. The number of nitrogens with two attached hydrogens (primary N) is 1. The van der Waals surface area contributed by atoms with Crippen molar-refractivity contribution in [1.82, 2.24) is 4.57 Å². The quantitative estimate of drug-likeness (QED) is 0.881. The van der Waals surface area contributed by atoms with Gasteiger partial charge in [0.2, 0.25) is 0 Å². The summed E-state index contributed by atoms with van der Waals surface area (Å²) in [5, 5.41) is 0. The summed E-state index contributed by atoms with van der Waals surface area (Å²) < 4.78 is 13.5. The van der Waals surface area contributed by atoms with E-state index in [2.05, 4.69) is 0 Å². The Labute approximate surface area is 120 Å². The highest BCUT2D eigenvalue weighted by Gasteiger charge is 2.03. The van der Waals surface area contributed by atoms with Gasteiger partial charge >= 0.3 is 0 Å². The van der Waals surface area contributed by atoms with Gasteiger partial charge in [-0.1, -0.05) is 30.3 Å². The van der Waals surface area contributed by atoms with Crippen LogP contribution < -0.4 is 11.3 Å². The van der Waals surface area contributed by atoms with E-state index in [4.69, 9.17) is 5.73 Å². The highest BCUT2D eigenvalue weighted by Crippen LogP contribution is 2.04. The lowest BCUT2D eigenvalue weighted by Gasteiger charge is -2.06. The van der Waals surface area contributed by atoms with Crippen molar-refractivity contribution in [1.29, 1.82) is 0 Å². The zero-order valence-electron chi connectivity index (χ0n) is 11.2. The molecule has 0 saturated carbocycles. The monoisotopic (exact) mass is 290 g/mol. The fourth-order valence-electron chi connectivity index (χ4n) is 1.95. The van der Waals surface area contributed by atoms with Gasteiger partial charge in [0.1, 0.15) is 0 Å². The van der Waals surface area contributed by atoms with E-state index in [-0.39, 0.29) is 5.56 Å². The zero-order valence-corrected chi connectivity index (χ0v) is 12.0. The molecular weight excluding hydrogens is 272 g/mol. The van der Waals surface area contributed by atoms with Crippen LogP contribution in [0.2, 0.25) is 0 Å². The van der Waals surface area contributed by atoms with Crippen molar-refractivity contribution in [3.63, 3.8) is 0 Å². The first-order valence-electron chi connectivity index (χ1n) is 6.50. The van der Waals surface area contributed by atoms with Crippen LogP contribution >= 0.6 is 0 Å². The van der Waals surface area contributed by atoms with E-state index < -0.39 is 10.8 Å². The summed E-state index contributed by atoms with van der Waals surface area (Å²) in [7, 11) is -0.903. The van der Waals surface area contributed by atoms with E-state index in [1.165, 1.54) is 6.07 Å². The van der Waals surface area contributed by atoms with E-state index in [0.29, 0.717) is 30.2 Å². The minimum Gasteiger partial charge on any atom is -0.398 e. The molecule has 1 unspecified atom stereocenters. The van der Waals surface area contributed by atoms with Crippen LogP contribution in [0.5, 0.6) is 0 Å². The van der Waals surface area contributed by atoms with Gasteiger partial charge in [-0.05, 0) is 18.1 Å². The van der Waals surface area contributed by atoms with Crippen molar-refractivity contribution >= 4 is 16.5 Å². The number of nitrogens with zero attached hydrogens (tertiary/aromatic N) is 1. The summed E-state index contributed by atoms with van der Waals surface area (Å²) in [5.41, 5.74) is 7.21. The van der Waals surface area contributed by atoms with Gasteiger partial charge in [-0.3, -0.25) is 9.00 Å². The molecule has 0 radical (unpaired) electrons. The molecule has 1 atom stereocenters. The molecule has 1 aromatic heterocycles. The van der Waals surface area contributed by atoms with Crippen LogP contribution in [0.25, 0.3) is 0 Å². The van der Waals surface area contributed by atoms with Crippen molar-refractivity contribution in [2.24, 2.45) is 0 Å². The third-order valence-electron chi connectivity index (χ3n) is 2.95. The number of rotatable bonds is 6. The van der Waals surface area contributed by atoms with Crippen LogP contribution in [-0.4, -0.2) is 14.5 Å². The van der Waals surface area contributed by atoms with E-state index in [9.17, 15) is 9.00 Å². The lowest BCUT2D eigenvalue weighted by atomic mass is 10.2. The van der Waals surface area contributed by atoms with Crippen LogP contribution in [0.4, 0.5) is 5.69 Å². The Morgan fingerprint density at radius 1 is 1.10 bits per heavy atom. The Balaban J connectivity index is 1.82. The smallest absolute Gasteiger partial charge is 0.250 e. The van der Waals surface area contributed by atoms with E-state index in [1.807, 2.05) is 30.3 Å². The van der Waals surface area contributed by atoms with Gasteiger partial charge in [-0.2, -0.15) is 0 Å². The van der Waals surface area contributed by atoms with E-state index in [1.54, 1.807) is 16.8 Å². The largest absolute Gasteiger partial charge is 0.398 e. The van der Waals surface area contributed by atoms with Gasteiger partial charge in [0, 0.05) is 46.8 Å². The molecular formula is C15H18N2O2S. The highest BCUT2D eigenvalue weighted by atomic mass is 32.2. The zero-order chi connectivity index (χ0) is 14.4. The first-order chi connectivity index (χ1) is 9.65. The molecule has 5 heteroatoms. The molecule has 2 rings (SSSR count). The number of nitrogen functional groups attached to an aromatic ring is 1. The Kier molecular flexibility index (Phi) is 5.12. The Morgan fingerprint density at radius 2 is 1.85 bits per heavy atom. The maximum atomic E-state index is 12.0. The van der Waals surface area contributed by atoms with Crippen LogP contribution in [-0.2, 0) is 23.1 Å². The number of hydrogen-bond donors (Lipinski definition) is 1. The minimum atomic E-state index is -0.903. The maximum Gasteiger partial charge on any atom is 0.250 e. The second kappa shape index (κ2) is 7.05. The number of aromatic nitrogens is 1. The van der Waals surface area contributed by atoms with Crippen LogP contribution in [0.15, 0.2) is 53.5 Å². The fourth-order valence-corrected chi connectivity index (χ4v) is 3.11. The Morgan fingerprint density at radius 3 is 2.60 bits per heavy atom. The number of benzene rings is 1. The molecule has 106 valence electrons. The van der Waals surface area contributed by atoms with Crippen molar-refractivity contribution in [2.45, 2.75) is 18.7 Å². The summed E-state index contributed by atoms with van der Waals surface area (Å²) in [6.07, 6.45) is 2.32. The molecule has 2 N–H and O–H groups in total. The molecule has 2 aromatic rings. The lowest BCUT2D eigenvalue weighted by Crippen LogP contribution is -2.20. The molecule has 0 aliphatic carbocycles. The van der Waals surface area contributed by atoms with Crippen LogP contribution in [0.3, 0.4) is 0 Å². The van der Waals surface area contributed by atoms with Crippen molar-refractivity contribution < 1.29 is 4.21 Å². The van der Waals surface area contributed by atoms with Gasteiger partial charge in [-0.15, -0.1) is 0 Å². The SMILES string of the molecule is Nc1ccc(=O)n(CCCS(=O)Cc2ccccc2)c1. The second-order valence-corrected chi connectivity index (χ2v) is 6.20. The molecule has 0 saturated heterocycles. The predicted octanol–water partition coefficient (Wildman–Crippen LogP) is 1.77. The first-order valence-corrected chi connectivity index (χ1v) is 7.99. The number of aryl methyl sites for hydroxylation is 1. The molecule has 0 aliphatic heterocycles. The van der Waals surface area contributed by atoms with Crippen LogP contribution in [0.1, 0.15) is 12.0 Å². The normalized spacial score (nSPS) is 12.2. The number of anilines is 1. The highest BCUT2D eigenvalue weighted by molar-refractivity contribution is 7.84. The summed E-state index contributed by atoms with van der Waals surface area (Å²) in [6, 6.07) is 12.8. The standard InChI is InChI=1S/C15H18N2O2S/c16-14-7-8-15(18)17(11-14)9-4-10-20(19)12-13-5-2-1-3-6-13/h1-3,5-8,11H,4,9-10,12,16H2. The third kappa shape index (κ3) is 4.35. The molecule has 4 nitrogen and oxygen atoms in total. The second-order valence-electron chi connectivity index (χ2n) is 4.62. The topological polar surface area (TPSA) is 65.1 Å². The maximum absolute atomic E-state index is 12.0. The predicted molar refractivity (Wildman–Crippen MR) is 82.9 cm³/mol. The first kappa shape index (κ1) is 14.5. The van der Waals surface area contributed by atoms with Gasteiger partial charge < -0.3 is 10.3 Å². The van der Waals surface area contributed by atoms with E-state index in [0.717, 1.165) is 5.56 Å². The van der Waals surface area contributed by atoms with Gasteiger partial charge in [0.15, 0.2) is 0 Å². The third-order valence-corrected chi connectivity index (χ3v) is 4.35. The van der Waals surface area contributed by atoms with E-state index >= 15 is 0 Å². The fraction of sp³-hybridized carbons (Fsp3) is 0.267. The average molecular weight is 290 g/mol. The number of hydrogen-bond acceptors (Lipinski definition) is 3. The van der Waals surface area contributed by atoms with Gasteiger partial charge in [0.05, 0.1) is 0 Å². The van der Waals surface area contributed by atoms with Gasteiger partial charge in [0.25, 0.3) is 5.56 Å². The molecule has 0 fully saturated rings. The summed E-state index contributed by atoms with van der Waals surface area (Å²) >= 11 is 0. The van der Waals surface area contributed by atoms with Crippen molar-refractivity contribution in [2.75, 3.05) is 11.5 Å². The minimum absolute atomic E-state index is 0.0759. The Bertz CT molecular complexity index is 638. The summed E-state index contributed by atoms with van der Waals surface area (Å²) in [6.45, 7) is 0.546. The summed E-state index contributed by atoms with van der Waals surface area (Å²) in [4.78, 5) is 11.6. The summed E-state index contributed by atoms with van der Waals surface area (Å²) in [5.74, 6) is 1.14. The Hall–Kier alpha value is -1.88. The van der Waals surface area contributed by atoms with Crippen LogP contribution in [0, 0.1) is 0 Å². The molecule has 0 bridgehead atoms. The van der Waals surface area contributed by atoms with Crippen molar-refractivity contribution in [3.05, 3.63) is 64.6 Å². The molecule has 1 aromatic carbocycles. The average Bonchev–Trinajstić information content (AvgIpc) is 2.44. The lowest BCUT2D eigenvalue weighted by molar-refractivity contribution is 0.644. The molecule has 1 heterocycles. The van der Waals surface area contributed by atoms with Crippen molar-refractivity contribution in [3.8, 4) is 0 Å². The number of pyridine rings is 1. The molecule has 20 heavy (non-hydrogen) atoms.